The van der Waals surface area contributed by atoms with Gasteiger partial charge in [0.25, 0.3) is 0 Å². The first-order valence-electron chi connectivity index (χ1n) is 13.8. The molecule has 0 unspecified atom stereocenters. The fraction of sp³-hybridized carbons (Fsp3) is 0.243. The number of hydrogen-bond acceptors (Lipinski definition) is 2. The van der Waals surface area contributed by atoms with Crippen LogP contribution in [0.5, 0.6) is 0 Å². The molecule has 196 valence electrons. The largest absolute Gasteiger partial charge is 0.256 e. The maximum Gasteiger partial charge on any atom is 0.0704 e. The molecule has 3 aromatic carbocycles. The molecule has 0 aliphatic rings. The third-order valence-electron chi connectivity index (χ3n) is 7.42. The van der Waals surface area contributed by atoms with Gasteiger partial charge in [0.05, 0.1) is 11.4 Å². The van der Waals surface area contributed by atoms with Crippen molar-refractivity contribution in [3.8, 4) is 22.5 Å². The van der Waals surface area contributed by atoms with Crippen LogP contribution in [0.25, 0.3) is 22.5 Å². The molecule has 0 saturated carbocycles. The summed E-state index contributed by atoms with van der Waals surface area (Å²) in [7, 11) is 0. The summed E-state index contributed by atoms with van der Waals surface area (Å²) in [6.45, 7) is 13.5. The van der Waals surface area contributed by atoms with Crippen LogP contribution in [0.2, 0.25) is 0 Å². The Morgan fingerprint density at radius 1 is 0.462 bits per heavy atom. The molecule has 0 spiro atoms. The van der Waals surface area contributed by atoms with E-state index in [1.807, 2.05) is 12.4 Å². The van der Waals surface area contributed by atoms with Crippen LogP contribution >= 0.6 is 0 Å². The summed E-state index contributed by atoms with van der Waals surface area (Å²) < 4.78 is 0. The molecule has 2 heterocycles. The molecule has 2 heteroatoms. The quantitative estimate of drug-likeness (QED) is 0.220. The average molecular weight is 511 g/mol. The van der Waals surface area contributed by atoms with Gasteiger partial charge in [-0.15, -0.1) is 0 Å². The van der Waals surface area contributed by atoms with Crippen LogP contribution in [0.4, 0.5) is 0 Å². The number of aromatic nitrogens is 2. The van der Waals surface area contributed by atoms with Gasteiger partial charge in [-0.3, -0.25) is 9.97 Å². The van der Waals surface area contributed by atoms with Gasteiger partial charge in [-0.05, 0) is 75.0 Å². The second-order valence-electron chi connectivity index (χ2n) is 12.5. The van der Waals surface area contributed by atoms with Gasteiger partial charge in [-0.25, -0.2) is 0 Å². The molecule has 0 radical (unpaired) electrons. The van der Waals surface area contributed by atoms with E-state index >= 15 is 0 Å². The number of hydrogen-bond donors (Lipinski definition) is 0. The van der Waals surface area contributed by atoms with Crippen LogP contribution < -0.4 is 0 Å². The Hall–Kier alpha value is -4.04. The van der Waals surface area contributed by atoms with Crippen LogP contribution in [-0.2, 0) is 10.8 Å². The van der Waals surface area contributed by atoms with Crippen molar-refractivity contribution in [2.45, 2.75) is 58.3 Å². The molecule has 0 aliphatic heterocycles. The topological polar surface area (TPSA) is 25.8 Å². The Morgan fingerprint density at radius 2 is 0.897 bits per heavy atom. The van der Waals surface area contributed by atoms with Gasteiger partial charge >= 0.3 is 0 Å². The summed E-state index contributed by atoms with van der Waals surface area (Å²) in [6.07, 6.45) is 3.86. The van der Waals surface area contributed by atoms with Crippen LogP contribution in [0.15, 0.2) is 116 Å². The molecule has 0 fully saturated rings. The molecule has 5 aromatic rings. The zero-order chi connectivity index (χ0) is 27.6. The smallest absolute Gasteiger partial charge is 0.0704 e. The van der Waals surface area contributed by atoms with Crippen molar-refractivity contribution in [3.63, 3.8) is 0 Å². The summed E-state index contributed by atoms with van der Waals surface area (Å²) in [5, 5.41) is 0. The lowest BCUT2D eigenvalue weighted by atomic mass is 9.83. The predicted molar refractivity (Wildman–Crippen MR) is 164 cm³/mol. The third-order valence-corrected chi connectivity index (χ3v) is 7.42. The number of benzene rings is 3. The number of rotatable bonds is 5. The Kier molecular flexibility index (Phi) is 7.23. The summed E-state index contributed by atoms with van der Waals surface area (Å²) in [6, 6.07) is 37.2. The molecule has 0 bridgehead atoms. The zero-order valence-corrected chi connectivity index (χ0v) is 23.9. The van der Waals surface area contributed by atoms with Crippen molar-refractivity contribution in [1.29, 1.82) is 0 Å². The molecule has 0 aliphatic carbocycles. The molecule has 5 rings (SSSR count). The number of nitrogens with zero attached hydrogens (tertiary/aromatic N) is 2. The SMILES string of the molecule is CC(C)(C)c1ccnc(-c2cccc(C(c3ccccc3)c3cccc(-c4cc(C(C)(C)C)ccn4)c3)c2)c1. The van der Waals surface area contributed by atoms with Crippen molar-refractivity contribution in [1.82, 2.24) is 9.97 Å². The molecule has 0 saturated heterocycles. The zero-order valence-electron chi connectivity index (χ0n) is 23.9. The molecule has 0 N–H and O–H groups in total. The van der Waals surface area contributed by atoms with E-state index in [4.69, 9.17) is 9.97 Å². The van der Waals surface area contributed by atoms with E-state index in [2.05, 4.69) is 145 Å². The second kappa shape index (κ2) is 10.6. The number of pyridine rings is 2. The van der Waals surface area contributed by atoms with Gasteiger partial charge in [0.2, 0.25) is 0 Å². The minimum Gasteiger partial charge on any atom is -0.256 e. The van der Waals surface area contributed by atoms with Crippen LogP contribution in [0.1, 0.15) is 75.3 Å². The summed E-state index contributed by atoms with van der Waals surface area (Å²) in [5.74, 6) is 0.0858. The van der Waals surface area contributed by atoms with Crippen LogP contribution in [0, 0.1) is 0 Å². The predicted octanol–water partition coefficient (Wildman–Crippen LogP) is 9.59. The Morgan fingerprint density at radius 3 is 1.33 bits per heavy atom. The molecule has 2 aromatic heterocycles. The first kappa shape index (κ1) is 26.6. The van der Waals surface area contributed by atoms with E-state index in [1.54, 1.807) is 0 Å². The summed E-state index contributed by atoms with van der Waals surface area (Å²) in [5.41, 5.74) is 10.8. The van der Waals surface area contributed by atoms with E-state index in [1.165, 1.54) is 27.8 Å². The first-order chi connectivity index (χ1) is 18.6. The van der Waals surface area contributed by atoms with E-state index in [9.17, 15) is 0 Å². The van der Waals surface area contributed by atoms with E-state index in [0.29, 0.717) is 0 Å². The lowest BCUT2D eigenvalue weighted by molar-refractivity contribution is 0.589. The Bertz CT molecular complexity index is 1470. The summed E-state index contributed by atoms with van der Waals surface area (Å²) >= 11 is 0. The second-order valence-corrected chi connectivity index (χ2v) is 12.5. The average Bonchev–Trinajstić information content (AvgIpc) is 2.93. The van der Waals surface area contributed by atoms with Crippen LogP contribution in [-0.4, -0.2) is 9.97 Å². The van der Waals surface area contributed by atoms with E-state index in [-0.39, 0.29) is 16.7 Å². The molecular weight excluding hydrogens is 472 g/mol. The van der Waals surface area contributed by atoms with E-state index < -0.39 is 0 Å². The highest BCUT2D eigenvalue weighted by Crippen LogP contribution is 2.36. The third kappa shape index (κ3) is 6.01. The van der Waals surface area contributed by atoms with Gasteiger partial charge in [0, 0.05) is 29.4 Å². The molecule has 39 heavy (non-hydrogen) atoms. The van der Waals surface area contributed by atoms with Crippen molar-refractivity contribution in [2.75, 3.05) is 0 Å². The highest BCUT2D eigenvalue weighted by molar-refractivity contribution is 5.65. The highest BCUT2D eigenvalue weighted by atomic mass is 14.7. The van der Waals surface area contributed by atoms with Gasteiger partial charge in [0.1, 0.15) is 0 Å². The van der Waals surface area contributed by atoms with Gasteiger partial charge in [0.15, 0.2) is 0 Å². The standard InChI is InChI=1S/C37H38N2/c1-36(2,3)31-18-20-38-33(24-31)27-14-10-16-29(22-27)35(26-12-8-7-9-13-26)30-17-11-15-28(23-30)34-25-32(19-21-39-34)37(4,5)6/h7-25,35H,1-6H3. The van der Waals surface area contributed by atoms with Crippen molar-refractivity contribution < 1.29 is 0 Å². The molecular formula is C37H38N2. The van der Waals surface area contributed by atoms with Gasteiger partial charge in [-0.1, -0.05) is 108 Å². The van der Waals surface area contributed by atoms with Crippen LogP contribution in [0.3, 0.4) is 0 Å². The van der Waals surface area contributed by atoms with Gasteiger partial charge in [-0.2, -0.15) is 0 Å². The molecule has 0 amide bonds. The first-order valence-corrected chi connectivity index (χ1v) is 13.8. The van der Waals surface area contributed by atoms with Crippen molar-refractivity contribution in [3.05, 3.63) is 143 Å². The minimum atomic E-state index is 0.0701. The fourth-order valence-electron chi connectivity index (χ4n) is 5.09. The maximum atomic E-state index is 4.74. The highest BCUT2D eigenvalue weighted by Gasteiger charge is 2.20. The monoisotopic (exact) mass is 510 g/mol. The molecule has 0 atom stereocenters. The Balaban J connectivity index is 1.60. The Labute approximate surface area is 233 Å². The fourth-order valence-corrected chi connectivity index (χ4v) is 5.09. The maximum absolute atomic E-state index is 4.74. The summed E-state index contributed by atoms with van der Waals surface area (Å²) in [4.78, 5) is 9.49. The van der Waals surface area contributed by atoms with E-state index in [0.717, 1.165) is 22.5 Å². The molecule has 2 nitrogen and oxygen atoms in total. The lowest BCUT2D eigenvalue weighted by Gasteiger charge is -2.22. The lowest BCUT2D eigenvalue weighted by Crippen LogP contribution is -2.11. The normalized spacial score (nSPS) is 12.1. The van der Waals surface area contributed by atoms with Crippen molar-refractivity contribution in [2.24, 2.45) is 0 Å². The minimum absolute atomic E-state index is 0.0701. The van der Waals surface area contributed by atoms with Gasteiger partial charge < -0.3 is 0 Å². The van der Waals surface area contributed by atoms with Crippen molar-refractivity contribution >= 4 is 0 Å².